The number of carbonyl (C=O) groups excluding carboxylic acids is 2. The number of carbonyl (C=O) groups is 2. The van der Waals surface area contributed by atoms with E-state index in [0.717, 1.165) is 10.4 Å². The Morgan fingerprint density at radius 1 is 1.15 bits per heavy atom. The van der Waals surface area contributed by atoms with Crippen LogP contribution in [0, 0.1) is 0 Å². The molecule has 3 rings (SSSR count). The molecule has 0 aliphatic carbocycles. The van der Waals surface area contributed by atoms with Crippen molar-refractivity contribution in [3.63, 3.8) is 0 Å². The molecule has 1 aliphatic rings. The Bertz CT molecular complexity index is 705. The van der Waals surface area contributed by atoms with E-state index >= 15 is 0 Å². The van der Waals surface area contributed by atoms with Crippen molar-refractivity contribution in [1.82, 2.24) is 5.06 Å². The van der Waals surface area contributed by atoms with Crippen molar-refractivity contribution >= 4 is 28.3 Å². The largest absolute Gasteiger partial charge is 0.324 e. The average Bonchev–Trinajstić information content (AvgIpc) is 2.48. The van der Waals surface area contributed by atoms with Gasteiger partial charge in [-0.05, 0) is 25.1 Å². The molecule has 0 aromatic heterocycles. The second kappa shape index (κ2) is 4.59. The molecule has 0 bridgehead atoms. The van der Waals surface area contributed by atoms with E-state index in [2.05, 4.69) is 5.43 Å². The summed E-state index contributed by atoms with van der Waals surface area (Å²) in [5, 5.41) is 2.15. The first-order chi connectivity index (χ1) is 9.69. The van der Waals surface area contributed by atoms with E-state index in [0.29, 0.717) is 22.2 Å². The lowest BCUT2D eigenvalue weighted by molar-refractivity contribution is -0.0903. The number of nitrogens with two attached hydrogens (primary N) is 1. The normalized spacial score (nSPS) is 14.0. The van der Waals surface area contributed by atoms with E-state index in [1.165, 1.54) is 0 Å². The van der Waals surface area contributed by atoms with E-state index < -0.39 is 11.8 Å². The topological polar surface area (TPSA) is 84.7 Å². The lowest BCUT2D eigenvalue weighted by Gasteiger charge is -2.26. The van der Waals surface area contributed by atoms with Gasteiger partial charge in [0, 0.05) is 10.8 Å². The van der Waals surface area contributed by atoms with E-state index in [1.54, 1.807) is 31.2 Å². The molecule has 20 heavy (non-hydrogen) atoms. The summed E-state index contributed by atoms with van der Waals surface area (Å²) >= 11 is 0. The molecule has 3 N–H and O–H groups in total. The van der Waals surface area contributed by atoms with Crippen LogP contribution in [0.15, 0.2) is 30.3 Å². The van der Waals surface area contributed by atoms with E-state index in [-0.39, 0.29) is 6.61 Å². The summed E-state index contributed by atoms with van der Waals surface area (Å²) in [7, 11) is 0. The highest BCUT2D eigenvalue weighted by Gasteiger charge is 2.34. The lowest BCUT2D eigenvalue weighted by atomic mass is 9.94. The van der Waals surface area contributed by atoms with Crippen LogP contribution < -0.4 is 11.3 Å². The first-order valence-electron chi connectivity index (χ1n) is 6.23. The molecule has 6 heteroatoms. The minimum Gasteiger partial charge on any atom is -0.324 e. The minimum atomic E-state index is -0.455. The third kappa shape index (κ3) is 1.59. The smallest absolute Gasteiger partial charge is 0.285 e. The molecule has 0 unspecified atom stereocenters. The van der Waals surface area contributed by atoms with Gasteiger partial charge in [0.1, 0.15) is 0 Å². The van der Waals surface area contributed by atoms with Crippen LogP contribution in [0.5, 0.6) is 0 Å². The fourth-order valence-electron chi connectivity index (χ4n) is 2.45. The van der Waals surface area contributed by atoms with Gasteiger partial charge in [0.25, 0.3) is 11.8 Å². The summed E-state index contributed by atoms with van der Waals surface area (Å²) in [6, 6.07) is 8.59. The van der Waals surface area contributed by atoms with Crippen molar-refractivity contribution in [3.05, 3.63) is 41.5 Å². The highest BCUT2D eigenvalue weighted by molar-refractivity contribution is 6.26. The zero-order chi connectivity index (χ0) is 14.3. The Morgan fingerprint density at radius 3 is 2.50 bits per heavy atom. The molecule has 0 saturated heterocycles. The SMILES string of the molecule is CCON1C(=O)c2cccc3c(NN)ccc(c23)C1=O. The fourth-order valence-corrected chi connectivity index (χ4v) is 2.45. The van der Waals surface area contributed by atoms with Crippen LogP contribution in [0.4, 0.5) is 5.69 Å². The number of nitrogen functional groups attached to an aromatic ring is 1. The number of nitrogens with one attached hydrogen (secondary N) is 1. The molecule has 1 aliphatic heterocycles. The van der Waals surface area contributed by atoms with Gasteiger partial charge in [-0.1, -0.05) is 12.1 Å². The number of benzene rings is 2. The summed E-state index contributed by atoms with van der Waals surface area (Å²) in [6.07, 6.45) is 0. The zero-order valence-corrected chi connectivity index (χ0v) is 10.8. The van der Waals surface area contributed by atoms with Crippen LogP contribution >= 0.6 is 0 Å². The van der Waals surface area contributed by atoms with Gasteiger partial charge in [-0.15, -0.1) is 5.06 Å². The maximum absolute atomic E-state index is 12.3. The summed E-state index contributed by atoms with van der Waals surface area (Å²) in [5.74, 6) is 4.56. The third-order valence-corrected chi connectivity index (χ3v) is 3.28. The van der Waals surface area contributed by atoms with Crippen LogP contribution in [0.3, 0.4) is 0 Å². The number of hydrogen-bond acceptors (Lipinski definition) is 5. The molecule has 1 heterocycles. The Labute approximate surface area is 115 Å². The molecule has 6 nitrogen and oxygen atoms in total. The summed E-state index contributed by atoms with van der Waals surface area (Å²) in [4.78, 5) is 29.8. The summed E-state index contributed by atoms with van der Waals surface area (Å²) < 4.78 is 0. The number of nitrogens with zero attached hydrogens (tertiary/aromatic N) is 1. The van der Waals surface area contributed by atoms with Crippen LogP contribution in [-0.2, 0) is 4.84 Å². The molecular weight excluding hydrogens is 258 g/mol. The molecule has 102 valence electrons. The predicted octanol–water partition coefficient (Wildman–Crippen LogP) is 1.67. The maximum atomic E-state index is 12.3. The average molecular weight is 271 g/mol. The number of imide groups is 1. The van der Waals surface area contributed by atoms with Gasteiger partial charge in [0.15, 0.2) is 0 Å². The number of amides is 2. The van der Waals surface area contributed by atoms with E-state index in [1.807, 2.05) is 6.07 Å². The van der Waals surface area contributed by atoms with Crippen molar-refractivity contribution in [2.75, 3.05) is 12.0 Å². The Hall–Kier alpha value is -2.44. The minimum absolute atomic E-state index is 0.241. The van der Waals surface area contributed by atoms with Gasteiger partial charge in [0.2, 0.25) is 0 Å². The Kier molecular flexibility index (Phi) is 2.89. The quantitative estimate of drug-likeness (QED) is 0.504. The number of hydroxylamine groups is 2. The van der Waals surface area contributed by atoms with Gasteiger partial charge in [-0.2, -0.15) is 0 Å². The van der Waals surface area contributed by atoms with Crippen molar-refractivity contribution in [3.8, 4) is 0 Å². The first-order valence-corrected chi connectivity index (χ1v) is 6.23. The lowest BCUT2D eigenvalue weighted by Crippen LogP contribution is -2.40. The van der Waals surface area contributed by atoms with Gasteiger partial charge in [-0.3, -0.25) is 20.3 Å². The van der Waals surface area contributed by atoms with Gasteiger partial charge < -0.3 is 5.43 Å². The molecule has 0 spiro atoms. The zero-order valence-electron chi connectivity index (χ0n) is 10.8. The van der Waals surface area contributed by atoms with Crippen molar-refractivity contribution < 1.29 is 14.4 Å². The van der Waals surface area contributed by atoms with Gasteiger partial charge >= 0.3 is 0 Å². The second-order valence-electron chi connectivity index (χ2n) is 4.36. The van der Waals surface area contributed by atoms with Crippen molar-refractivity contribution in [1.29, 1.82) is 0 Å². The number of anilines is 1. The molecule has 2 aromatic rings. The van der Waals surface area contributed by atoms with E-state index in [9.17, 15) is 9.59 Å². The van der Waals surface area contributed by atoms with Gasteiger partial charge in [-0.25, -0.2) is 0 Å². The Morgan fingerprint density at radius 2 is 1.85 bits per heavy atom. The highest BCUT2D eigenvalue weighted by atomic mass is 16.7. The molecule has 2 aromatic carbocycles. The van der Waals surface area contributed by atoms with Gasteiger partial charge in [0.05, 0.1) is 23.4 Å². The van der Waals surface area contributed by atoms with Crippen molar-refractivity contribution in [2.45, 2.75) is 6.92 Å². The molecule has 2 amide bonds. The number of hydrogen-bond donors (Lipinski definition) is 2. The molecule has 0 saturated carbocycles. The highest BCUT2D eigenvalue weighted by Crippen LogP contribution is 2.33. The third-order valence-electron chi connectivity index (χ3n) is 3.28. The van der Waals surface area contributed by atoms with Crippen molar-refractivity contribution in [2.24, 2.45) is 5.84 Å². The first kappa shape index (κ1) is 12.6. The maximum Gasteiger partial charge on any atom is 0.285 e. The molecule has 0 radical (unpaired) electrons. The fraction of sp³-hybridized carbons (Fsp3) is 0.143. The second-order valence-corrected chi connectivity index (χ2v) is 4.36. The number of rotatable bonds is 3. The monoisotopic (exact) mass is 271 g/mol. The molecular formula is C14H13N3O3. The summed E-state index contributed by atoms with van der Waals surface area (Å²) in [5.41, 5.74) is 4.10. The molecule has 0 atom stereocenters. The molecule has 0 fully saturated rings. The van der Waals surface area contributed by atoms with Crippen LogP contribution in [0.1, 0.15) is 27.6 Å². The standard InChI is InChI=1S/C14H13N3O3/c1-2-20-17-13(18)9-5-3-4-8-11(16-15)7-6-10(12(8)9)14(17)19/h3-7,16H,2,15H2,1H3. The van der Waals surface area contributed by atoms with Crippen LogP contribution in [0.25, 0.3) is 10.8 Å². The van der Waals surface area contributed by atoms with Crippen LogP contribution in [0.2, 0.25) is 0 Å². The summed E-state index contributed by atoms with van der Waals surface area (Å²) in [6.45, 7) is 1.96. The Balaban J connectivity index is 2.33. The van der Waals surface area contributed by atoms with Crippen LogP contribution in [-0.4, -0.2) is 23.5 Å². The predicted molar refractivity (Wildman–Crippen MR) is 73.9 cm³/mol. The number of hydrazine groups is 1. The van der Waals surface area contributed by atoms with E-state index in [4.69, 9.17) is 10.7 Å².